The van der Waals surface area contributed by atoms with Gasteiger partial charge in [0.2, 0.25) is 5.88 Å². The minimum absolute atomic E-state index is 0.0518. The topological polar surface area (TPSA) is 137 Å². The van der Waals surface area contributed by atoms with Crippen molar-refractivity contribution in [2.24, 2.45) is 4.99 Å². The van der Waals surface area contributed by atoms with Crippen LogP contribution in [0.4, 0.5) is 9.59 Å². The lowest BCUT2D eigenvalue weighted by Gasteiger charge is -2.10. The molecule has 0 atom stereocenters. The Morgan fingerprint density at radius 3 is 2.41 bits per heavy atom. The number of carbonyl (C=O) groups is 2. The normalized spacial score (nSPS) is 10.8. The highest BCUT2D eigenvalue weighted by molar-refractivity contribution is 9.10. The number of benzene rings is 2. The quantitative estimate of drug-likeness (QED) is 0.303. The molecule has 2 aromatic carbocycles. The summed E-state index contributed by atoms with van der Waals surface area (Å²) < 4.78 is 19.6. The number of H-pyrrole nitrogens is 1. The SMILES string of the molecule is COC(=O)Oc1ccc(CN=Cc2c(O)[nH]c(=O)c3ccc(Br)cc23)cc1OC(=O)OC. The van der Waals surface area contributed by atoms with Crippen LogP contribution < -0.4 is 15.0 Å². The second kappa shape index (κ2) is 9.96. The van der Waals surface area contributed by atoms with Crippen LogP contribution in [-0.4, -0.2) is 42.8 Å². The maximum atomic E-state index is 12.1. The van der Waals surface area contributed by atoms with Crippen molar-refractivity contribution in [3.63, 3.8) is 0 Å². The van der Waals surface area contributed by atoms with E-state index in [1.165, 1.54) is 18.3 Å². The van der Waals surface area contributed by atoms with Crippen molar-refractivity contribution in [2.75, 3.05) is 14.2 Å². The molecule has 3 aromatic rings. The number of nitrogens with zero attached hydrogens (tertiary/aromatic N) is 1. The van der Waals surface area contributed by atoms with Crippen LogP contribution in [0.25, 0.3) is 10.8 Å². The predicted molar refractivity (Wildman–Crippen MR) is 118 cm³/mol. The molecule has 0 saturated carbocycles. The Morgan fingerprint density at radius 2 is 1.72 bits per heavy atom. The number of halogens is 1. The van der Waals surface area contributed by atoms with E-state index in [-0.39, 0.29) is 23.9 Å². The van der Waals surface area contributed by atoms with Crippen molar-refractivity contribution in [3.8, 4) is 17.4 Å². The first-order chi connectivity index (χ1) is 15.3. The third kappa shape index (κ3) is 5.24. The van der Waals surface area contributed by atoms with Gasteiger partial charge in [-0.25, -0.2) is 9.59 Å². The number of carbonyl (C=O) groups excluding carboxylic acids is 2. The molecule has 0 aliphatic rings. The molecule has 3 rings (SSSR count). The maximum Gasteiger partial charge on any atom is 0.513 e. The molecule has 0 amide bonds. The molecule has 0 aliphatic heterocycles. The molecule has 2 N–H and O–H groups in total. The van der Waals surface area contributed by atoms with Crippen LogP contribution in [0.15, 0.2) is 50.7 Å². The van der Waals surface area contributed by atoms with Crippen LogP contribution in [-0.2, 0) is 16.0 Å². The first kappa shape index (κ1) is 22.8. The summed E-state index contributed by atoms with van der Waals surface area (Å²) in [5.74, 6) is -0.443. The largest absolute Gasteiger partial charge is 0.513 e. The van der Waals surface area contributed by atoms with Crippen molar-refractivity contribution in [3.05, 3.63) is 62.4 Å². The van der Waals surface area contributed by atoms with Gasteiger partial charge in [-0.2, -0.15) is 0 Å². The summed E-state index contributed by atoms with van der Waals surface area (Å²) in [5.41, 5.74) is 0.497. The van der Waals surface area contributed by atoms with Crippen LogP contribution in [0.1, 0.15) is 11.1 Å². The van der Waals surface area contributed by atoms with Gasteiger partial charge >= 0.3 is 12.3 Å². The molecule has 0 spiro atoms. The Morgan fingerprint density at radius 1 is 1.03 bits per heavy atom. The summed E-state index contributed by atoms with van der Waals surface area (Å²) in [6, 6.07) is 9.49. The van der Waals surface area contributed by atoms with E-state index in [0.29, 0.717) is 21.9 Å². The van der Waals surface area contributed by atoms with Crippen LogP contribution >= 0.6 is 15.9 Å². The molecule has 0 bridgehead atoms. The summed E-state index contributed by atoms with van der Waals surface area (Å²) in [4.78, 5) is 41.7. The highest BCUT2D eigenvalue weighted by Gasteiger charge is 2.15. The first-order valence-electron chi connectivity index (χ1n) is 9.01. The maximum absolute atomic E-state index is 12.1. The van der Waals surface area contributed by atoms with Crippen LogP contribution in [0.3, 0.4) is 0 Å². The number of hydrogen-bond donors (Lipinski definition) is 2. The smallest absolute Gasteiger partial charge is 0.494 e. The summed E-state index contributed by atoms with van der Waals surface area (Å²) in [6.45, 7) is 0.115. The Kier molecular flexibility index (Phi) is 7.11. The van der Waals surface area contributed by atoms with Crippen molar-refractivity contribution in [1.82, 2.24) is 4.98 Å². The van der Waals surface area contributed by atoms with Gasteiger partial charge in [-0.05, 0) is 35.9 Å². The van der Waals surface area contributed by atoms with Gasteiger partial charge in [-0.1, -0.05) is 22.0 Å². The van der Waals surface area contributed by atoms with E-state index in [0.717, 1.165) is 18.7 Å². The molecule has 166 valence electrons. The number of hydrogen-bond acceptors (Lipinski definition) is 9. The fraction of sp³-hybridized carbons (Fsp3) is 0.143. The Balaban J connectivity index is 1.90. The summed E-state index contributed by atoms with van der Waals surface area (Å²) in [6.07, 6.45) is -0.577. The fourth-order valence-corrected chi connectivity index (χ4v) is 3.12. The van der Waals surface area contributed by atoms with Crippen molar-refractivity contribution in [2.45, 2.75) is 6.54 Å². The molecule has 0 unspecified atom stereocenters. The zero-order valence-corrected chi connectivity index (χ0v) is 18.5. The van der Waals surface area contributed by atoms with Crippen LogP contribution in [0.2, 0.25) is 0 Å². The van der Waals surface area contributed by atoms with Gasteiger partial charge in [0.15, 0.2) is 11.5 Å². The predicted octanol–water partition coefficient (Wildman–Crippen LogP) is 3.91. The molecule has 1 aromatic heterocycles. The van der Waals surface area contributed by atoms with Gasteiger partial charge < -0.3 is 24.1 Å². The minimum atomic E-state index is -1.00. The molecule has 0 aliphatic carbocycles. The molecular weight excluding hydrogens is 488 g/mol. The first-order valence-corrected chi connectivity index (χ1v) is 9.80. The number of nitrogens with one attached hydrogen (secondary N) is 1. The van der Waals surface area contributed by atoms with Gasteiger partial charge in [0.1, 0.15) is 0 Å². The molecule has 11 heteroatoms. The van der Waals surface area contributed by atoms with E-state index in [4.69, 9.17) is 9.47 Å². The number of ether oxygens (including phenoxy) is 4. The lowest BCUT2D eigenvalue weighted by Crippen LogP contribution is -2.12. The summed E-state index contributed by atoms with van der Waals surface area (Å²) >= 11 is 3.35. The molecule has 0 radical (unpaired) electrons. The van der Waals surface area contributed by atoms with E-state index in [2.05, 4.69) is 35.4 Å². The van der Waals surface area contributed by atoms with Crippen molar-refractivity contribution >= 4 is 45.2 Å². The molecule has 10 nitrogen and oxygen atoms in total. The lowest BCUT2D eigenvalue weighted by molar-refractivity contribution is 0.110. The number of aromatic amines is 1. The van der Waals surface area contributed by atoms with E-state index < -0.39 is 17.9 Å². The summed E-state index contributed by atoms with van der Waals surface area (Å²) in [7, 11) is 2.28. The molecular formula is C21H17BrN2O8. The molecule has 1 heterocycles. The molecule has 0 saturated heterocycles. The zero-order chi connectivity index (χ0) is 23.3. The van der Waals surface area contributed by atoms with Gasteiger partial charge in [0.05, 0.1) is 26.3 Å². The number of aromatic nitrogens is 1. The zero-order valence-electron chi connectivity index (χ0n) is 16.9. The average molecular weight is 505 g/mol. The van der Waals surface area contributed by atoms with E-state index in [1.807, 2.05) is 0 Å². The standard InChI is InChI=1S/C21H17BrN2O8/c1-29-20(27)31-16-6-3-11(7-17(16)32-21(28)30-2)9-23-10-15-14-8-12(22)4-5-13(14)18(25)24-19(15)26/h3-8,10H,9H2,1-2H3,(H2,24,25,26). The van der Waals surface area contributed by atoms with Gasteiger partial charge in [0, 0.05) is 21.5 Å². The molecule has 32 heavy (non-hydrogen) atoms. The van der Waals surface area contributed by atoms with E-state index in [1.54, 1.807) is 24.3 Å². The third-order valence-electron chi connectivity index (χ3n) is 4.23. The fourth-order valence-electron chi connectivity index (χ4n) is 2.76. The third-order valence-corrected chi connectivity index (χ3v) is 4.72. The second-order valence-corrected chi connectivity index (χ2v) is 7.19. The number of aliphatic imine (C=N–C) groups is 1. The highest BCUT2D eigenvalue weighted by atomic mass is 79.9. The number of rotatable bonds is 5. The van der Waals surface area contributed by atoms with E-state index >= 15 is 0 Å². The van der Waals surface area contributed by atoms with Crippen LogP contribution in [0, 0.1) is 0 Å². The molecule has 0 fully saturated rings. The number of pyridine rings is 1. The average Bonchev–Trinajstić information content (AvgIpc) is 2.77. The van der Waals surface area contributed by atoms with E-state index in [9.17, 15) is 19.5 Å². The van der Waals surface area contributed by atoms with Crippen LogP contribution in [0.5, 0.6) is 17.4 Å². The summed E-state index contributed by atoms with van der Waals surface area (Å²) in [5, 5.41) is 11.1. The van der Waals surface area contributed by atoms with Gasteiger partial charge in [0.25, 0.3) is 5.56 Å². The lowest BCUT2D eigenvalue weighted by atomic mass is 10.1. The monoisotopic (exact) mass is 504 g/mol. The minimum Gasteiger partial charge on any atom is -0.494 e. The van der Waals surface area contributed by atoms with Crippen molar-refractivity contribution < 1.29 is 33.6 Å². The van der Waals surface area contributed by atoms with Crippen molar-refractivity contribution in [1.29, 1.82) is 0 Å². The number of aromatic hydroxyl groups is 1. The highest BCUT2D eigenvalue weighted by Crippen LogP contribution is 2.30. The number of fused-ring (bicyclic) bond motifs is 1. The Hall–Kier alpha value is -3.86. The van der Waals surface area contributed by atoms with Gasteiger partial charge in [-0.15, -0.1) is 0 Å². The Bertz CT molecular complexity index is 1270. The Labute approximate surface area is 189 Å². The second-order valence-electron chi connectivity index (χ2n) is 6.27. The van der Waals surface area contributed by atoms with Gasteiger partial charge in [-0.3, -0.25) is 14.8 Å². The number of methoxy groups -OCH3 is 2.